The number of piperazine rings is 1. The SMILES string of the molecule is CCNC1CCC(N2CCN(CC)CC2)C1. The van der Waals surface area contributed by atoms with Gasteiger partial charge in [-0.15, -0.1) is 0 Å². The monoisotopic (exact) mass is 225 g/mol. The van der Waals surface area contributed by atoms with Crippen LogP contribution in [0.2, 0.25) is 0 Å². The van der Waals surface area contributed by atoms with Gasteiger partial charge in [-0.1, -0.05) is 13.8 Å². The molecular formula is C13H27N3. The first kappa shape index (κ1) is 12.3. The van der Waals surface area contributed by atoms with Gasteiger partial charge in [-0.3, -0.25) is 4.90 Å². The Kier molecular flexibility index (Phi) is 4.62. The summed E-state index contributed by atoms with van der Waals surface area (Å²) in [5, 5.41) is 3.60. The largest absolute Gasteiger partial charge is 0.314 e. The zero-order chi connectivity index (χ0) is 11.4. The Morgan fingerprint density at radius 2 is 1.81 bits per heavy atom. The van der Waals surface area contributed by atoms with E-state index in [0.29, 0.717) is 0 Å². The van der Waals surface area contributed by atoms with Crippen molar-refractivity contribution in [3.63, 3.8) is 0 Å². The van der Waals surface area contributed by atoms with Crippen LogP contribution in [0.25, 0.3) is 0 Å². The zero-order valence-electron chi connectivity index (χ0n) is 10.9. The molecule has 0 spiro atoms. The van der Waals surface area contributed by atoms with Crippen molar-refractivity contribution in [1.82, 2.24) is 15.1 Å². The van der Waals surface area contributed by atoms with E-state index in [9.17, 15) is 0 Å². The second-order valence-corrected chi connectivity index (χ2v) is 5.19. The van der Waals surface area contributed by atoms with Gasteiger partial charge in [0.05, 0.1) is 0 Å². The van der Waals surface area contributed by atoms with Crippen molar-refractivity contribution in [2.75, 3.05) is 39.3 Å². The fourth-order valence-corrected chi connectivity index (χ4v) is 3.21. The molecule has 1 heterocycles. The molecule has 3 nitrogen and oxygen atoms in total. The highest BCUT2D eigenvalue weighted by Crippen LogP contribution is 2.24. The molecule has 1 saturated carbocycles. The topological polar surface area (TPSA) is 18.5 Å². The second-order valence-electron chi connectivity index (χ2n) is 5.19. The lowest BCUT2D eigenvalue weighted by Gasteiger charge is -2.37. The predicted molar refractivity (Wildman–Crippen MR) is 68.8 cm³/mol. The van der Waals surface area contributed by atoms with E-state index in [4.69, 9.17) is 0 Å². The first-order valence-electron chi connectivity index (χ1n) is 7.03. The quantitative estimate of drug-likeness (QED) is 0.774. The van der Waals surface area contributed by atoms with Crippen molar-refractivity contribution in [3.8, 4) is 0 Å². The highest BCUT2D eigenvalue weighted by atomic mass is 15.3. The van der Waals surface area contributed by atoms with Crippen molar-refractivity contribution in [3.05, 3.63) is 0 Å². The Morgan fingerprint density at radius 3 is 2.44 bits per heavy atom. The van der Waals surface area contributed by atoms with Crippen LogP contribution in [0.15, 0.2) is 0 Å². The van der Waals surface area contributed by atoms with Crippen LogP contribution in [0.4, 0.5) is 0 Å². The van der Waals surface area contributed by atoms with Gasteiger partial charge < -0.3 is 10.2 Å². The van der Waals surface area contributed by atoms with E-state index in [0.717, 1.165) is 18.6 Å². The third-order valence-electron chi connectivity index (χ3n) is 4.27. The summed E-state index contributed by atoms with van der Waals surface area (Å²) in [4.78, 5) is 5.29. The third kappa shape index (κ3) is 2.96. The minimum Gasteiger partial charge on any atom is -0.314 e. The van der Waals surface area contributed by atoms with Gasteiger partial charge in [-0.25, -0.2) is 0 Å². The molecule has 2 fully saturated rings. The molecule has 0 radical (unpaired) electrons. The summed E-state index contributed by atoms with van der Waals surface area (Å²) in [6.07, 6.45) is 4.16. The van der Waals surface area contributed by atoms with Crippen LogP contribution in [0.3, 0.4) is 0 Å². The zero-order valence-corrected chi connectivity index (χ0v) is 10.9. The number of nitrogens with zero attached hydrogens (tertiary/aromatic N) is 2. The average molecular weight is 225 g/mol. The van der Waals surface area contributed by atoms with E-state index in [2.05, 4.69) is 29.0 Å². The number of hydrogen-bond acceptors (Lipinski definition) is 3. The summed E-state index contributed by atoms with van der Waals surface area (Å²) in [6, 6.07) is 1.65. The van der Waals surface area contributed by atoms with E-state index >= 15 is 0 Å². The molecule has 2 rings (SSSR count). The molecule has 3 heteroatoms. The summed E-state index contributed by atoms with van der Waals surface area (Å²) >= 11 is 0. The minimum absolute atomic E-state index is 0.791. The maximum absolute atomic E-state index is 3.60. The molecule has 0 amide bonds. The van der Waals surface area contributed by atoms with Crippen LogP contribution in [-0.2, 0) is 0 Å². The smallest absolute Gasteiger partial charge is 0.0113 e. The summed E-state index contributed by atoms with van der Waals surface area (Å²) < 4.78 is 0. The molecule has 0 aromatic rings. The fourth-order valence-electron chi connectivity index (χ4n) is 3.21. The van der Waals surface area contributed by atoms with Crippen LogP contribution < -0.4 is 5.32 Å². The molecule has 1 aliphatic carbocycles. The second kappa shape index (κ2) is 5.99. The molecule has 0 aromatic heterocycles. The van der Waals surface area contributed by atoms with Gasteiger partial charge in [0.2, 0.25) is 0 Å². The van der Waals surface area contributed by atoms with Crippen molar-refractivity contribution in [2.24, 2.45) is 0 Å². The lowest BCUT2D eigenvalue weighted by Crippen LogP contribution is -2.49. The number of hydrogen-bond donors (Lipinski definition) is 1. The summed E-state index contributed by atoms with van der Waals surface area (Å²) in [6.45, 7) is 12.0. The molecule has 1 N–H and O–H groups in total. The Balaban J connectivity index is 1.73. The third-order valence-corrected chi connectivity index (χ3v) is 4.27. The summed E-state index contributed by atoms with van der Waals surface area (Å²) in [5.41, 5.74) is 0. The van der Waals surface area contributed by atoms with Gasteiger partial charge in [-0.2, -0.15) is 0 Å². The van der Waals surface area contributed by atoms with E-state index in [-0.39, 0.29) is 0 Å². The maximum Gasteiger partial charge on any atom is 0.0113 e. The van der Waals surface area contributed by atoms with E-state index < -0.39 is 0 Å². The van der Waals surface area contributed by atoms with Crippen molar-refractivity contribution < 1.29 is 0 Å². The minimum atomic E-state index is 0.791. The van der Waals surface area contributed by atoms with Crippen molar-refractivity contribution in [1.29, 1.82) is 0 Å². The predicted octanol–water partition coefficient (Wildman–Crippen LogP) is 1.15. The Hall–Kier alpha value is -0.120. The van der Waals surface area contributed by atoms with Crippen LogP contribution in [0.5, 0.6) is 0 Å². The molecule has 0 aromatic carbocycles. The molecule has 2 aliphatic rings. The fraction of sp³-hybridized carbons (Fsp3) is 1.00. The summed E-state index contributed by atoms with van der Waals surface area (Å²) in [5.74, 6) is 0. The van der Waals surface area contributed by atoms with Gasteiger partial charge in [0.15, 0.2) is 0 Å². The average Bonchev–Trinajstić information content (AvgIpc) is 2.78. The van der Waals surface area contributed by atoms with Gasteiger partial charge in [0.25, 0.3) is 0 Å². The van der Waals surface area contributed by atoms with Crippen LogP contribution in [-0.4, -0.2) is 61.2 Å². The van der Waals surface area contributed by atoms with E-state index in [1.54, 1.807) is 0 Å². The molecule has 94 valence electrons. The highest BCUT2D eigenvalue weighted by Gasteiger charge is 2.30. The molecule has 1 saturated heterocycles. The Bertz CT molecular complexity index is 199. The Labute approximate surface area is 100 Å². The standard InChI is InChI=1S/C13H27N3/c1-3-14-12-5-6-13(11-12)16-9-7-15(4-2)8-10-16/h12-14H,3-11H2,1-2H3. The van der Waals surface area contributed by atoms with E-state index in [1.807, 2.05) is 0 Å². The first-order valence-corrected chi connectivity index (χ1v) is 7.03. The van der Waals surface area contributed by atoms with Gasteiger partial charge in [0.1, 0.15) is 0 Å². The van der Waals surface area contributed by atoms with Crippen molar-refractivity contribution >= 4 is 0 Å². The lowest BCUT2D eigenvalue weighted by molar-refractivity contribution is 0.100. The van der Waals surface area contributed by atoms with Crippen molar-refractivity contribution in [2.45, 2.75) is 45.2 Å². The maximum atomic E-state index is 3.60. The normalized spacial score (nSPS) is 33.4. The van der Waals surface area contributed by atoms with Gasteiger partial charge >= 0.3 is 0 Å². The Morgan fingerprint density at radius 1 is 1.06 bits per heavy atom. The highest BCUT2D eigenvalue weighted by molar-refractivity contribution is 4.88. The molecular weight excluding hydrogens is 198 g/mol. The number of nitrogens with one attached hydrogen (secondary N) is 1. The van der Waals surface area contributed by atoms with Crippen LogP contribution in [0.1, 0.15) is 33.1 Å². The van der Waals surface area contributed by atoms with E-state index in [1.165, 1.54) is 52.0 Å². The molecule has 16 heavy (non-hydrogen) atoms. The van der Waals surface area contributed by atoms with Crippen LogP contribution in [0, 0.1) is 0 Å². The summed E-state index contributed by atoms with van der Waals surface area (Å²) in [7, 11) is 0. The number of likely N-dealkylation sites (N-methyl/N-ethyl adjacent to an activating group) is 1. The molecule has 0 bridgehead atoms. The molecule has 2 atom stereocenters. The first-order chi connectivity index (χ1) is 7.83. The van der Waals surface area contributed by atoms with Crippen LogP contribution >= 0.6 is 0 Å². The van der Waals surface area contributed by atoms with Gasteiger partial charge in [0, 0.05) is 38.3 Å². The molecule has 1 aliphatic heterocycles. The lowest BCUT2D eigenvalue weighted by atomic mass is 10.1. The van der Waals surface area contributed by atoms with Gasteiger partial charge in [-0.05, 0) is 32.4 Å². The number of rotatable bonds is 4. The molecule has 2 unspecified atom stereocenters.